The molecular formula is C10H13F3N2O2S. The van der Waals surface area contributed by atoms with Crippen LogP contribution in [0.1, 0.15) is 11.1 Å². The Morgan fingerprint density at radius 2 is 1.72 bits per heavy atom. The lowest BCUT2D eigenvalue weighted by molar-refractivity contribution is -0.137. The molecule has 0 unspecified atom stereocenters. The smallest absolute Gasteiger partial charge is 0.312 e. The summed E-state index contributed by atoms with van der Waals surface area (Å²) in [6.07, 6.45) is -4.35. The summed E-state index contributed by atoms with van der Waals surface area (Å²) < 4.78 is 58.0. The average molecular weight is 282 g/mol. The molecule has 1 aromatic rings. The lowest BCUT2D eigenvalue weighted by atomic mass is 10.1. The van der Waals surface area contributed by atoms with E-state index in [9.17, 15) is 21.6 Å². The van der Waals surface area contributed by atoms with Crippen molar-refractivity contribution in [1.29, 1.82) is 0 Å². The normalized spacial score (nSPS) is 12.7. The van der Waals surface area contributed by atoms with Crippen LogP contribution in [0.4, 0.5) is 13.2 Å². The molecule has 0 radical (unpaired) electrons. The molecule has 0 aliphatic heterocycles. The maximum atomic E-state index is 12.3. The molecule has 1 aromatic carbocycles. The number of halogens is 3. The van der Waals surface area contributed by atoms with E-state index in [2.05, 4.69) is 5.32 Å². The van der Waals surface area contributed by atoms with E-state index in [-0.39, 0.29) is 18.8 Å². The van der Waals surface area contributed by atoms with E-state index in [0.717, 1.165) is 12.1 Å². The molecule has 0 amide bonds. The minimum absolute atomic E-state index is 0.153. The summed E-state index contributed by atoms with van der Waals surface area (Å²) in [4.78, 5) is 0. The molecule has 0 bridgehead atoms. The molecule has 0 aliphatic carbocycles. The van der Waals surface area contributed by atoms with Gasteiger partial charge in [0.05, 0.1) is 11.3 Å². The number of hydrogen-bond donors (Lipinski definition) is 2. The molecule has 8 heteroatoms. The van der Waals surface area contributed by atoms with Gasteiger partial charge in [0.2, 0.25) is 10.0 Å². The lowest BCUT2D eigenvalue weighted by Gasteiger charge is -2.08. The van der Waals surface area contributed by atoms with Crippen molar-refractivity contribution in [3.05, 3.63) is 35.4 Å². The van der Waals surface area contributed by atoms with Gasteiger partial charge < -0.3 is 5.32 Å². The molecule has 0 saturated carbocycles. The largest absolute Gasteiger partial charge is 0.416 e. The number of sulfonamides is 1. The molecule has 0 aliphatic rings. The van der Waals surface area contributed by atoms with Gasteiger partial charge in [-0.25, -0.2) is 13.6 Å². The fraction of sp³-hybridized carbons (Fsp3) is 0.400. The zero-order chi connectivity index (χ0) is 13.8. The van der Waals surface area contributed by atoms with Crippen LogP contribution in [0.25, 0.3) is 0 Å². The van der Waals surface area contributed by atoms with E-state index in [1.54, 1.807) is 0 Å². The first-order valence-corrected chi connectivity index (χ1v) is 6.77. The second kappa shape index (κ2) is 5.68. The van der Waals surface area contributed by atoms with Crippen molar-refractivity contribution < 1.29 is 21.6 Å². The molecule has 3 N–H and O–H groups in total. The van der Waals surface area contributed by atoms with Crippen molar-refractivity contribution in [2.24, 2.45) is 5.14 Å². The van der Waals surface area contributed by atoms with E-state index in [4.69, 9.17) is 5.14 Å². The van der Waals surface area contributed by atoms with Crippen molar-refractivity contribution in [3.8, 4) is 0 Å². The van der Waals surface area contributed by atoms with E-state index in [1.165, 1.54) is 12.1 Å². The van der Waals surface area contributed by atoms with Crippen LogP contribution in [0.5, 0.6) is 0 Å². The van der Waals surface area contributed by atoms with E-state index >= 15 is 0 Å². The summed E-state index contributed by atoms with van der Waals surface area (Å²) >= 11 is 0. The van der Waals surface area contributed by atoms with Gasteiger partial charge in [-0.1, -0.05) is 12.1 Å². The van der Waals surface area contributed by atoms with Gasteiger partial charge >= 0.3 is 6.18 Å². The van der Waals surface area contributed by atoms with Crippen molar-refractivity contribution in [2.45, 2.75) is 12.7 Å². The second-order valence-electron chi connectivity index (χ2n) is 3.74. The molecule has 1 rings (SSSR count). The first-order chi connectivity index (χ1) is 8.18. The van der Waals surface area contributed by atoms with E-state index in [1.807, 2.05) is 0 Å². The molecule has 18 heavy (non-hydrogen) atoms. The highest BCUT2D eigenvalue weighted by molar-refractivity contribution is 7.89. The molecule has 0 fully saturated rings. The molecule has 0 atom stereocenters. The third-order valence-electron chi connectivity index (χ3n) is 2.17. The van der Waals surface area contributed by atoms with Crippen LogP contribution in [0.15, 0.2) is 24.3 Å². The van der Waals surface area contributed by atoms with Crippen LogP contribution in [-0.4, -0.2) is 20.7 Å². The Morgan fingerprint density at radius 3 is 2.17 bits per heavy atom. The fourth-order valence-electron chi connectivity index (χ4n) is 1.26. The standard InChI is InChI=1S/C10H13F3N2O2S/c11-10(12,13)9-3-1-8(2-4-9)7-15-5-6-18(14,16)17/h1-4,15H,5-7H2,(H2,14,16,17). The number of hydrogen-bond acceptors (Lipinski definition) is 3. The number of alkyl halides is 3. The highest BCUT2D eigenvalue weighted by Gasteiger charge is 2.29. The maximum Gasteiger partial charge on any atom is 0.416 e. The summed E-state index contributed by atoms with van der Waals surface area (Å²) in [5.74, 6) is -0.215. The molecule has 0 heterocycles. The van der Waals surface area contributed by atoms with Crippen molar-refractivity contribution in [2.75, 3.05) is 12.3 Å². The van der Waals surface area contributed by atoms with Crippen LogP contribution < -0.4 is 10.5 Å². The Kier molecular flexibility index (Phi) is 4.71. The lowest BCUT2D eigenvalue weighted by Crippen LogP contribution is -2.26. The number of benzene rings is 1. The number of nitrogens with two attached hydrogens (primary N) is 1. The minimum atomic E-state index is -4.35. The second-order valence-corrected chi connectivity index (χ2v) is 5.47. The van der Waals surface area contributed by atoms with Crippen molar-refractivity contribution in [1.82, 2.24) is 5.32 Å². The molecule has 0 aromatic heterocycles. The average Bonchev–Trinajstić information content (AvgIpc) is 2.22. The summed E-state index contributed by atoms with van der Waals surface area (Å²) in [5, 5.41) is 7.57. The molecular weight excluding hydrogens is 269 g/mol. The zero-order valence-corrected chi connectivity index (χ0v) is 10.2. The van der Waals surface area contributed by atoms with Crippen LogP contribution in [0.3, 0.4) is 0 Å². The Morgan fingerprint density at radius 1 is 1.17 bits per heavy atom. The monoisotopic (exact) mass is 282 g/mol. The van der Waals surface area contributed by atoms with Gasteiger partial charge in [-0.3, -0.25) is 0 Å². The zero-order valence-electron chi connectivity index (χ0n) is 9.37. The number of rotatable bonds is 5. The number of nitrogens with one attached hydrogen (secondary N) is 1. The van der Waals surface area contributed by atoms with Gasteiger partial charge in [-0.15, -0.1) is 0 Å². The summed E-state index contributed by atoms with van der Waals surface area (Å²) in [6, 6.07) is 4.65. The van der Waals surface area contributed by atoms with Crippen molar-refractivity contribution >= 4 is 10.0 Å². The van der Waals surface area contributed by atoms with Gasteiger partial charge in [0.25, 0.3) is 0 Å². The van der Waals surface area contributed by atoms with Crippen LogP contribution >= 0.6 is 0 Å². The van der Waals surface area contributed by atoms with E-state index in [0.29, 0.717) is 5.56 Å². The predicted octanol–water partition coefficient (Wildman–Crippen LogP) is 1.08. The van der Waals surface area contributed by atoms with Gasteiger partial charge in [-0.05, 0) is 17.7 Å². The van der Waals surface area contributed by atoms with Crippen LogP contribution in [-0.2, 0) is 22.7 Å². The summed E-state index contributed by atoms with van der Waals surface area (Å²) in [7, 11) is -3.52. The van der Waals surface area contributed by atoms with E-state index < -0.39 is 21.8 Å². The van der Waals surface area contributed by atoms with Crippen molar-refractivity contribution in [3.63, 3.8) is 0 Å². The summed E-state index contributed by atoms with van der Waals surface area (Å²) in [6.45, 7) is 0.438. The molecule has 4 nitrogen and oxygen atoms in total. The maximum absolute atomic E-state index is 12.3. The Labute approximate surface area is 103 Å². The Hall–Kier alpha value is -1.12. The SMILES string of the molecule is NS(=O)(=O)CCNCc1ccc(C(F)(F)F)cc1. The quantitative estimate of drug-likeness (QED) is 0.794. The third kappa shape index (κ3) is 5.48. The highest BCUT2D eigenvalue weighted by Crippen LogP contribution is 2.28. The van der Waals surface area contributed by atoms with Crippen LogP contribution in [0.2, 0.25) is 0 Å². The molecule has 0 spiro atoms. The third-order valence-corrected chi connectivity index (χ3v) is 2.95. The minimum Gasteiger partial charge on any atom is -0.312 e. The Bertz CT molecular complexity index is 483. The van der Waals surface area contributed by atoms with Gasteiger partial charge in [0.1, 0.15) is 0 Å². The summed E-state index contributed by atoms with van der Waals surface area (Å²) in [5.41, 5.74) is -0.0757. The van der Waals surface area contributed by atoms with Gasteiger partial charge in [0.15, 0.2) is 0 Å². The first-order valence-electron chi connectivity index (χ1n) is 5.06. The predicted molar refractivity (Wildman–Crippen MR) is 61.1 cm³/mol. The molecule has 0 saturated heterocycles. The fourth-order valence-corrected chi connectivity index (χ4v) is 1.69. The van der Waals surface area contributed by atoms with Gasteiger partial charge in [0, 0.05) is 13.1 Å². The highest BCUT2D eigenvalue weighted by atomic mass is 32.2. The molecule has 102 valence electrons. The topological polar surface area (TPSA) is 72.2 Å². The van der Waals surface area contributed by atoms with Gasteiger partial charge in [-0.2, -0.15) is 13.2 Å². The van der Waals surface area contributed by atoms with Crippen LogP contribution in [0, 0.1) is 0 Å². The first kappa shape index (κ1) is 14.9. The number of primary sulfonamides is 1. The Balaban J connectivity index is 2.45.